The summed E-state index contributed by atoms with van der Waals surface area (Å²) in [4.78, 5) is 35.9. The van der Waals surface area contributed by atoms with Crippen LogP contribution in [0.4, 0.5) is 23.4 Å². The zero-order valence-electron chi connectivity index (χ0n) is 20.2. The summed E-state index contributed by atoms with van der Waals surface area (Å²) in [6.07, 6.45) is 1.14. The number of carbonyl (C=O) groups is 2. The van der Waals surface area contributed by atoms with Crippen LogP contribution >= 0.6 is 11.6 Å². The van der Waals surface area contributed by atoms with Crippen molar-refractivity contribution < 1.29 is 27.2 Å². The van der Waals surface area contributed by atoms with E-state index in [1.807, 2.05) is 0 Å². The second kappa shape index (κ2) is 9.97. The molecule has 3 aromatic rings. The quantitative estimate of drug-likeness (QED) is 0.441. The van der Waals surface area contributed by atoms with E-state index in [0.29, 0.717) is 15.9 Å². The lowest BCUT2D eigenvalue weighted by molar-refractivity contribution is -0.146. The molecule has 1 aliphatic carbocycles. The van der Waals surface area contributed by atoms with Gasteiger partial charge in [-0.3, -0.25) is 19.3 Å². The molecule has 1 aliphatic heterocycles. The van der Waals surface area contributed by atoms with E-state index in [4.69, 9.17) is 11.6 Å². The number of nitrogens with one attached hydrogen (secondary N) is 1. The Kier molecular flexibility index (Phi) is 6.84. The summed E-state index contributed by atoms with van der Waals surface area (Å²) < 4.78 is 56.3. The molecule has 1 saturated carbocycles. The van der Waals surface area contributed by atoms with Gasteiger partial charge in [0.15, 0.2) is 5.82 Å². The first-order chi connectivity index (χ1) is 18.0. The number of hydrogen-bond acceptors (Lipinski definition) is 5. The predicted molar refractivity (Wildman–Crippen MR) is 129 cm³/mol. The van der Waals surface area contributed by atoms with Crippen LogP contribution in [0.2, 0.25) is 5.02 Å². The highest BCUT2D eigenvalue weighted by Crippen LogP contribution is 2.44. The maximum atomic E-state index is 14.5. The van der Waals surface area contributed by atoms with Crippen LogP contribution in [0, 0.1) is 18.7 Å². The zero-order valence-corrected chi connectivity index (χ0v) is 20.9. The van der Waals surface area contributed by atoms with Crippen molar-refractivity contribution in [1.29, 1.82) is 0 Å². The fourth-order valence-corrected chi connectivity index (χ4v) is 5.08. The second-order valence-corrected chi connectivity index (χ2v) is 9.90. The van der Waals surface area contributed by atoms with Gasteiger partial charge in [-0.1, -0.05) is 11.6 Å². The van der Waals surface area contributed by atoms with E-state index in [-0.39, 0.29) is 35.3 Å². The van der Waals surface area contributed by atoms with Crippen molar-refractivity contribution in [3.63, 3.8) is 0 Å². The summed E-state index contributed by atoms with van der Waals surface area (Å²) in [5, 5.41) is 6.88. The van der Waals surface area contributed by atoms with E-state index in [0.717, 1.165) is 25.0 Å². The highest BCUT2D eigenvalue weighted by atomic mass is 35.5. The number of nitrogens with zero attached hydrogens (tertiary/aromatic N) is 5. The first kappa shape index (κ1) is 26.1. The summed E-state index contributed by atoms with van der Waals surface area (Å²) in [6.45, 7) is 0.942. The van der Waals surface area contributed by atoms with Gasteiger partial charge < -0.3 is 10.2 Å². The molecule has 5 rings (SSSR count). The van der Waals surface area contributed by atoms with Crippen LogP contribution in [0.25, 0.3) is 0 Å². The van der Waals surface area contributed by atoms with Crippen LogP contribution in [-0.4, -0.2) is 43.0 Å². The third-order valence-corrected chi connectivity index (χ3v) is 7.32. The Morgan fingerprint density at radius 3 is 2.58 bits per heavy atom. The topological polar surface area (TPSA) is 93.0 Å². The first-order valence-corrected chi connectivity index (χ1v) is 12.4. The third-order valence-electron chi connectivity index (χ3n) is 6.81. The molecular weight excluding hydrogens is 528 g/mol. The molecule has 0 spiro atoms. The summed E-state index contributed by atoms with van der Waals surface area (Å²) in [5.41, 5.74) is -0.118. The highest BCUT2D eigenvalue weighted by Gasteiger charge is 2.44. The Morgan fingerprint density at radius 1 is 1.16 bits per heavy atom. The highest BCUT2D eigenvalue weighted by molar-refractivity contribution is 6.32. The van der Waals surface area contributed by atoms with Gasteiger partial charge in [-0.05, 0) is 55.5 Å². The van der Waals surface area contributed by atoms with E-state index >= 15 is 0 Å². The number of hydrogen-bond donors (Lipinski definition) is 1. The van der Waals surface area contributed by atoms with Gasteiger partial charge in [0.1, 0.15) is 18.1 Å². The van der Waals surface area contributed by atoms with Gasteiger partial charge in [0, 0.05) is 29.9 Å². The van der Waals surface area contributed by atoms with Gasteiger partial charge in [-0.25, -0.2) is 9.37 Å². The molecule has 1 N–H and O–H groups in total. The van der Waals surface area contributed by atoms with Gasteiger partial charge in [0.2, 0.25) is 11.8 Å². The normalized spacial score (nSPS) is 19.6. The molecule has 1 aromatic carbocycles. The molecule has 8 nitrogen and oxygen atoms in total. The Morgan fingerprint density at radius 2 is 1.92 bits per heavy atom. The number of anilines is 1. The minimum Gasteiger partial charge on any atom is -0.333 e. The van der Waals surface area contributed by atoms with Crippen LogP contribution in [0.5, 0.6) is 0 Å². The minimum atomic E-state index is -4.70. The van der Waals surface area contributed by atoms with Crippen molar-refractivity contribution in [3.05, 3.63) is 70.1 Å². The number of aromatic nitrogens is 4. The number of carbonyl (C=O) groups excluding carboxylic acids is 2. The molecule has 2 atom stereocenters. The van der Waals surface area contributed by atoms with Crippen LogP contribution in [0.1, 0.15) is 53.7 Å². The van der Waals surface area contributed by atoms with Gasteiger partial charge in [0.25, 0.3) is 0 Å². The third kappa shape index (κ3) is 5.22. The predicted octanol–water partition coefficient (Wildman–Crippen LogP) is 4.90. The van der Waals surface area contributed by atoms with Crippen molar-refractivity contribution in [2.75, 3.05) is 11.9 Å². The molecule has 2 fully saturated rings. The van der Waals surface area contributed by atoms with Crippen LogP contribution in [-0.2, 0) is 22.3 Å². The van der Waals surface area contributed by atoms with E-state index in [1.165, 1.54) is 29.6 Å². The molecule has 1 saturated heterocycles. The minimum absolute atomic E-state index is 0.0461. The molecule has 200 valence electrons. The number of benzene rings is 1. The number of likely N-dealkylation sites (tertiary alicyclic amines) is 1. The second-order valence-electron chi connectivity index (χ2n) is 9.52. The average Bonchev–Trinajstić information content (AvgIpc) is 3.46. The standard InChI is InChI=1S/C25H23ClF4N6O2/c1-13-8-15(27)9-17(22(13)26)23-16(24(38)33-20-11-31-5-6-32-20)4-7-35(23)21(37)12-36-19(25(28,29)30)10-18(34-36)14-2-3-14/h5-6,8-11,14,16,23H,2-4,7,12H2,1H3,(H,32,33,38)/t16-,23+/m0/s1. The Balaban J connectivity index is 1.48. The maximum Gasteiger partial charge on any atom is 0.433 e. The number of alkyl halides is 3. The Bertz CT molecular complexity index is 1380. The Hall–Kier alpha value is -3.54. The first-order valence-electron chi connectivity index (χ1n) is 12.0. The molecule has 38 heavy (non-hydrogen) atoms. The smallest absolute Gasteiger partial charge is 0.333 e. The van der Waals surface area contributed by atoms with Crippen LogP contribution in [0.3, 0.4) is 0 Å². The molecule has 0 radical (unpaired) electrons. The lowest BCUT2D eigenvalue weighted by Crippen LogP contribution is -2.38. The van der Waals surface area contributed by atoms with Gasteiger partial charge >= 0.3 is 6.18 Å². The average molecular weight is 551 g/mol. The van der Waals surface area contributed by atoms with Crippen molar-refractivity contribution in [1.82, 2.24) is 24.6 Å². The van der Waals surface area contributed by atoms with E-state index in [2.05, 4.69) is 20.4 Å². The van der Waals surface area contributed by atoms with Gasteiger partial charge in [-0.15, -0.1) is 0 Å². The van der Waals surface area contributed by atoms with E-state index < -0.39 is 48.0 Å². The number of halogens is 5. The van der Waals surface area contributed by atoms with Gasteiger partial charge in [-0.2, -0.15) is 18.3 Å². The Labute approximate surface area is 220 Å². The van der Waals surface area contributed by atoms with Gasteiger partial charge in [0.05, 0.1) is 23.9 Å². The summed E-state index contributed by atoms with van der Waals surface area (Å²) >= 11 is 6.51. The monoisotopic (exact) mass is 550 g/mol. The number of aryl methyl sites for hydroxylation is 1. The van der Waals surface area contributed by atoms with E-state index in [9.17, 15) is 27.2 Å². The largest absolute Gasteiger partial charge is 0.433 e. The summed E-state index contributed by atoms with van der Waals surface area (Å²) in [7, 11) is 0. The summed E-state index contributed by atoms with van der Waals surface area (Å²) in [6, 6.07) is 2.33. The lowest BCUT2D eigenvalue weighted by Gasteiger charge is -2.29. The molecule has 2 amide bonds. The number of rotatable bonds is 6. The molecule has 0 unspecified atom stereocenters. The molecular formula is C25H23ClF4N6O2. The molecule has 13 heteroatoms. The SMILES string of the molecule is Cc1cc(F)cc([C@H]2[C@@H](C(=O)Nc3cnccn3)CCN2C(=O)Cn2nc(C3CC3)cc2C(F)(F)F)c1Cl. The van der Waals surface area contributed by atoms with E-state index in [1.54, 1.807) is 6.92 Å². The van der Waals surface area contributed by atoms with Crippen molar-refractivity contribution in [2.45, 2.75) is 50.9 Å². The van der Waals surface area contributed by atoms with Crippen LogP contribution in [0.15, 0.2) is 36.8 Å². The zero-order chi connectivity index (χ0) is 27.2. The van der Waals surface area contributed by atoms with Crippen LogP contribution < -0.4 is 5.32 Å². The molecule has 2 aromatic heterocycles. The van der Waals surface area contributed by atoms with Crippen molar-refractivity contribution in [3.8, 4) is 0 Å². The fourth-order valence-electron chi connectivity index (χ4n) is 4.86. The van der Waals surface area contributed by atoms with Crippen molar-refractivity contribution in [2.24, 2.45) is 5.92 Å². The number of amides is 2. The van der Waals surface area contributed by atoms with Crippen molar-refractivity contribution >= 4 is 29.2 Å². The lowest BCUT2D eigenvalue weighted by atomic mass is 9.91. The fraction of sp³-hybridized carbons (Fsp3) is 0.400. The molecule has 3 heterocycles. The summed E-state index contributed by atoms with van der Waals surface area (Å²) in [5.74, 6) is -2.55. The molecule has 2 aliphatic rings. The molecule has 0 bridgehead atoms. The maximum absolute atomic E-state index is 14.5.